The molecule has 0 radical (unpaired) electrons. The van der Waals surface area contributed by atoms with Crippen molar-refractivity contribution in [3.8, 4) is 0 Å². The van der Waals surface area contributed by atoms with E-state index in [0.29, 0.717) is 5.71 Å². The number of allylic oxidation sites excluding steroid dienone is 5. The van der Waals surface area contributed by atoms with Gasteiger partial charge in [0.05, 0.1) is 5.71 Å². The molecular weight excluding hydrogens is 136 g/mol. The summed E-state index contributed by atoms with van der Waals surface area (Å²) in [5.74, 6) is 0. The third kappa shape index (κ3) is 2.08. The zero-order valence-corrected chi connectivity index (χ0v) is 6.83. The van der Waals surface area contributed by atoms with Gasteiger partial charge in [-0.2, -0.15) is 0 Å². The maximum atomic E-state index is 7.51. The van der Waals surface area contributed by atoms with Crippen LogP contribution in [0, 0.1) is 5.41 Å². The van der Waals surface area contributed by atoms with Crippen LogP contribution >= 0.6 is 0 Å². The van der Waals surface area contributed by atoms with E-state index in [4.69, 9.17) is 5.41 Å². The first-order valence-electron chi connectivity index (χ1n) is 3.52. The molecular formula is C9H12N2. The van der Waals surface area contributed by atoms with Crippen molar-refractivity contribution in [3.63, 3.8) is 0 Å². The Balaban J connectivity index is 2.81. The van der Waals surface area contributed by atoms with Crippen molar-refractivity contribution in [2.75, 3.05) is 14.1 Å². The minimum absolute atomic E-state index is 0.571. The molecule has 0 atom stereocenters. The molecule has 0 fully saturated rings. The lowest BCUT2D eigenvalue weighted by atomic mass is 10.1. The van der Waals surface area contributed by atoms with Gasteiger partial charge in [-0.15, -0.1) is 0 Å². The average molecular weight is 148 g/mol. The van der Waals surface area contributed by atoms with Gasteiger partial charge in [0.25, 0.3) is 0 Å². The second-order valence-electron chi connectivity index (χ2n) is 2.68. The zero-order valence-electron chi connectivity index (χ0n) is 6.83. The van der Waals surface area contributed by atoms with Gasteiger partial charge in [-0.05, 0) is 6.08 Å². The number of hydrogen-bond acceptors (Lipinski definition) is 2. The van der Waals surface area contributed by atoms with Crippen molar-refractivity contribution in [1.82, 2.24) is 4.90 Å². The van der Waals surface area contributed by atoms with Gasteiger partial charge in [0.1, 0.15) is 0 Å². The molecule has 1 aliphatic carbocycles. The molecule has 2 nitrogen and oxygen atoms in total. The number of rotatable bonds is 1. The first-order chi connectivity index (χ1) is 5.20. The fourth-order valence-corrected chi connectivity index (χ4v) is 0.888. The standard InChI is InChI=1S/C9H12N2/c1-11(2)7-8-5-3-4-6-9(8)10/h3-7,10H,1-2H3/b8-7-,10-9?. The van der Waals surface area contributed by atoms with Gasteiger partial charge in [-0.3, -0.25) is 0 Å². The van der Waals surface area contributed by atoms with Crippen molar-refractivity contribution >= 4 is 5.71 Å². The molecule has 0 amide bonds. The highest BCUT2D eigenvalue weighted by molar-refractivity contribution is 6.09. The largest absolute Gasteiger partial charge is 0.383 e. The van der Waals surface area contributed by atoms with E-state index in [2.05, 4.69) is 0 Å². The van der Waals surface area contributed by atoms with Gasteiger partial charge >= 0.3 is 0 Å². The van der Waals surface area contributed by atoms with Crippen LogP contribution in [0.2, 0.25) is 0 Å². The smallest absolute Gasteiger partial charge is 0.0626 e. The molecule has 1 rings (SSSR count). The van der Waals surface area contributed by atoms with Crippen molar-refractivity contribution in [2.45, 2.75) is 0 Å². The predicted octanol–water partition coefficient (Wildman–Crippen LogP) is 1.58. The topological polar surface area (TPSA) is 27.1 Å². The summed E-state index contributed by atoms with van der Waals surface area (Å²) >= 11 is 0. The molecule has 2 heteroatoms. The fourth-order valence-electron chi connectivity index (χ4n) is 0.888. The first-order valence-corrected chi connectivity index (χ1v) is 3.52. The highest BCUT2D eigenvalue weighted by Gasteiger charge is 2.00. The van der Waals surface area contributed by atoms with E-state index in [-0.39, 0.29) is 0 Å². The minimum atomic E-state index is 0.571. The minimum Gasteiger partial charge on any atom is -0.383 e. The molecule has 1 N–H and O–H groups in total. The highest BCUT2D eigenvalue weighted by atomic mass is 15.0. The van der Waals surface area contributed by atoms with Gasteiger partial charge < -0.3 is 10.3 Å². The predicted molar refractivity (Wildman–Crippen MR) is 47.8 cm³/mol. The molecule has 0 bridgehead atoms. The summed E-state index contributed by atoms with van der Waals surface area (Å²) in [7, 11) is 3.90. The van der Waals surface area contributed by atoms with Crippen molar-refractivity contribution in [2.24, 2.45) is 0 Å². The van der Waals surface area contributed by atoms with Crippen LogP contribution in [0.4, 0.5) is 0 Å². The van der Waals surface area contributed by atoms with E-state index in [0.717, 1.165) is 5.57 Å². The number of hydrogen-bond donors (Lipinski definition) is 1. The van der Waals surface area contributed by atoms with E-state index in [1.807, 2.05) is 43.4 Å². The van der Waals surface area contributed by atoms with Gasteiger partial charge in [-0.1, -0.05) is 18.2 Å². The van der Waals surface area contributed by atoms with E-state index in [1.165, 1.54) is 0 Å². The second-order valence-corrected chi connectivity index (χ2v) is 2.68. The molecule has 11 heavy (non-hydrogen) atoms. The molecule has 1 aliphatic rings. The van der Waals surface area contributed by atoms with E-state index in [9.17, 15) is 0 Å². The monoisotopic (exact) mass is 148 g/mol. The molecule has 0 heterocycles. The summed E-state index contributed by atoms with van der Waals surface area (Å²) in [6.07, 6.45) is 9.46. The molecule has 0 saturated carbocycles. The van der Waals surface area contributed by atoms with Gasteiger partial charge in [-0.25, -0.2) is 0 Å². The number of nitrogens with zero attached hydrogens (tertiary/aromatic N) is 1. The molecule has 0 aliphatic heterocycles. The van der Waals surface area contributed by atoms with Crippen LogP contribution in [0.3, 0.4) is 0 Å². The van der Waals surface area contributed by atoms with Crippen LogP contribution in [0.5, 0.6) is 0 Å². The summed E-state index contributed by atoms with van der Waals surface area (Å²) in [5.41, 5.74) is 1.53. The van der Waals surface area contributed by atoms with Crippen molar-refractivity contribution in [1.29, 1.82) is 5.41 Å². The average Bonchev–Trinajstić information content (AvgIpc) is 1.93. The Morgan fingerprint density at radius 1 is 1.27 bits per heavy atom. The quantitative estimate of drug-likeness (QED) is 0.600. The third-order valence-electron chi connectivity index (χ3n) is 1.36. The van der Waals surface area contributed by atoms with E-state index in [1.54, 1.807) is 6.08 Å². The van der Waals surface area contributed by atoms with Crippen LogP contribution < -0.4 is 0 Å². The van der Waals surface area contributed by atoms with Crippen molar-refractivity contribution in [3.05, 3.63) is 36.1 Å². The molecule has 58 valence electrons. The Morgan fingerprint density at radius 2 is 1.91 bits per heavy atom. The van der Waals surface area contributed by atoms with Crippen LogP contribution in [0.15, 0.2) is 36.1 Å². The Labute approximate surface area is 67.0 Å². The van der Waals surface area contributed by atoms with Crippen LogP contribution in [0.25, 0.3) is 0 Å². The van der Waals surface area contributed by atoms with Gasteiger partial charge in [0.2, 0.25) is 0 Å². The normalized spacial score (nSPS) is 19.5. The zero-order chi connectivity index (χ0) is 8.27. The van der Waals surface area contributed by atoms with Crippen LogP contribution in [-0.4, -0.2) is 24.7 Å². The van der Waals surface area contributed by atoms with E-state index < -0.39 is 0 Å². The maximum absolute atomic E-state index is 7.51. The van der Waals surface area contributed by atoms with Gasteiger partial charge in [0.15, 0.2) is 0 Å². The Bertz CT molecular complexity index is 244. The fraction of sp³-hybridized carbons (Fsp3) is 0.222. The summed E-state index contributed by atoms with van der Waals surface area (Å²) in [4.78, 5) is 1.94. The third-order valence-corrected chi connectivity index (χ3v) is 1.36. The second kappa shape index (κ2) is 3.19. The lowest BCUT2D eigenvalue weighted by Crippen LogP contribution is -2.07. The molecule has 0 saturated heterocycles. The van der Waals surface area contributed by atoms with Crippen LogP contribution in [0.1, 0.15) is 0 Å². The van der Waals surface area contributed by atoms with Gasteiger partial charge in [0, 0.05) is 25.9 Å². The Hall–Kier alpha value is -1.31. The summed E-state index contributed by atoms with van der Waals surface area (Å²) < 4.78 is 0. The summed E-state index contributed by atoms with van der Waals surface area (Å²) in [6, 6.07) is 0. The molecule has 0 spiro atoms. The van der Waals surface area contributed by atoms with Crippen molar-refractivity contribution < 1.29 is 0 Å². The molecule has 0 unspecified atom stereocenters. The Kier molecular flexibility index (Phi) is 2.26. The maximum Gasteiger partial charge on any atom is 0.0626 e. The summed E-state index contributed by atoms with van der Waals surface area (Å²) in [6.45, 7) is 0. The highest BCUT2D eigenvalue weighted by Crippen LogP contribution is 2.06. The first kappa shape index (κ1) is 7.79. The number of nitrogens with one attached hydrogen (secondary N) is 1. The molecule has 0 aromatic heterocycles. The lowest BCUT2D eigenvalue weighted by molar-refractivity contribution is 0.562. The van der Waals surface area contributed by atoms with E-state index >= 15 is 0 Å². The SMILES string of the molecule is CN(C)/C=C1/C=CC=CC1=N. The molecule has 0 aromatic rings. The Morgan fingerprint density at radius 3 is 2.45 bits per heavy atom. The summed E-state index contributed by atoms with van der Waals surface area (Å²) in [5, 5.41) is 7.51. The van der Waals surface area contributed by atoms with Crippen LogP contribution in [-0.2, 0) is 0 Å². The molecule has 0 aromatic carbocycles. The lowest BCUT2D eigenvalue weighted by Gasteiger charge is -2.09.